The number of aliphatic hydroxyl groups excluding tert-OH is 1. The predicted molar refractivity (Wildman–Crippen MR) is 102 cm³/mol. The standard InChI is InChI=1S/C23H16N2O/c24-14-16-7-9-17(10-8-16)23(26)22-13-19-5-2-1-4-18(19)12-21(22)20-6-3-11-25-15-20/h1-13,15,23,26H. The lowest BCUT2D eigenvalue weighted by Crippen LogP contribution is -2.02. The molecule has 1 N–H and O–H groups in total. The van der Waals surface area contributed by atoms with Crippen molar-refractivity contribution in [3.8, 4) is 17.2 Å². The van der Waals surface area contributed by atoms with Crippen molar-refractivity contribution in [2.24, 2.45) is 0 Å². The number of nitrogens with zero attached hydrogens (tertiary/aromatic N) is 2. The van der Waals surface area contributed by atoms with E-state index < -0.39 is 6.10 Å². The average molecular weight is 336 g/mol. The Morgan fingerprint density at radius 2 is 1.62 bits per heavy atom. The molecule has 0 amide bonds. The molecule has 3 aromatic carbocycles. The Balaban J connectivity index is 1.90. The van der Waals surface area contributed by atoms with Gasteiger partial charge in [-0.15, -0.1) is 0 Å². The van der Waals surface area contributed by atoms with Crippen LogP contribution in [0, 0.1) is 11.3 Å². The highest BCUT2D eigenvalue weighted by atomic mass is 16.3. The summed E-state index contributed by atoms with van der Waals surface area (Å²) in [5, 5.41) is 22.2. The molecule has 124 valence electrons. The fourth-order valence-corrected chi connectivity index (χ4v) is 3.18. The smallest absolute Gasteiger partial charge is 0.105 e. The van der Waals surface area contributed by atoms with Crippen LogP contribution in [-0.4, -0.2) is 10.1 Å². The zero-order chi connectivity index (χ0) is 17.9. The van der Waals surface area contributed by atoms with Crippen LogP contribution in [0.3, 0.4) is 0 Å². The van der Waals surface area contributed by atoms with Gasteiger partial charge >= 0.3 is 0 Å². The van der Waals surface area contributed by atoms with Crippen LogP contribution in [0.5, 0.6) is 0 Å². The van der Waals surface area contributed by atoms with E-state index in [1.165, 1.54) is 0 Å². The molecule has 0 bridgehead atoms. The van der Waals surface area contributed by atoms with Gasteiger partial charge in [-0.1, -0.05) is 42.5 Å². The van der Waals surface area contributed by atoms with Crippen LogP contribution in [0.25, 0.3) is 21.9 Å². The third kappa shape index (κ3) is 2.95. The quantitative estimate of drug-likeness (QED) is 0.581. The molecule has 1 atom stereocenters. The Morgan fingerprint density at radius 3 is 2.27 bits per heavy atom. The number of fused-ring (bicyclic) bond motifs is 1. The first-order valence-corrected chi connectivity index (χ1v) is 8.37. The topological polar surface area (TPSA) is 56.9 Å². The molecule has 0 saturated heterocycles. The summed E-state index contributed by atoms with van der Waals surface area (Å²) >= 11 is 0. The number of pyridine rings is 1. The van der Waals surface area contributed by atoms with Gasteiger partial charge in [0.15, 0.2) is 0 Å². The summed E-state index contributed by atoms with van der Waals surface area (Å²) in [6, 6.07) is 25.3. The summed E-state index contributed by atoms with van der Waals surface area (Å²) in [6.07, 6.45) is 2.75. The van der Waals surface area contributed by atoms with Gasteiger partial charge in [-0.25, -0.2) is 0 Å². The molecule has 26 heavy (non-hydrogen) atoms. The fourth-order valence-electron chi connectivity index (χ4n) is 3.18. The van der Waals surface area contributed by atoms with Crippen molar-refractivity contribution in [2.45, 2.75) is 6.10 Å². The summed E-state index contributed by atoms with van der Waals surface area (Å²) in [4.78, 5) is 4.22. The van der Waals surface area contributed by atoms with Crippen LogP contribution in [0.1, 0.15) is 22.8 Å². The van der Waals surface area contributed by atoms with Crippen LogP contribution in [0.15, 0.2) is 85.2 Å². The van der Waals surface area contributed by atoms with Crippen molar-refractivity contribution >= 4 is 10.8 Å². The van der Waals surface area contributed by atoms with Crippen LogP contribution in [0.2, 0.25) is 0 Å². The number of aliphatic hydroxyl groups is 1. The van der Waals surface area contributed by atoms with E-state index in [0.29, 0.717) is 5.56 Å². The monoisotopic (exact) mass is 336 g/mol. The van der Waals surface area contributed by atoms with Crippen LogP contribution in [-0.2, 0) is 0 Å². The lowest BCUT2D eigenvalue weighted by atomic mass is 9.90. The maximum absolute atomic E-state index is 11.1. The highest BCUT2D eigenvalue weighted by Crippen LogP contribution is 2.35. The van der Waals surface area contributed by atoms with E-state index in [4.69, 9.17) is 5.26 Å². The van der Waals surface area contributed by atoms with Gasteiger partial charge in [-0.05, 0) is 57.8 Å². The molecule has 0 spiro atoms. The molecule has 1 aromatic heterocycles. The molecular weight excluding hydrogens is 320 g/mol. The second-order valence-corrected chi connectivity index (χ2v) is 6.16. The Kier molecular flexibility index (Phi) is 4.18. The first-order chi connectivity index (χ1) is 12.8. The molecule has 1 heterocycles. The van der Waals surface area contributed by atoms with Gasteiger partial charge in [0.25, 0.3) is 0 Å². The van der Waals surface area contributed by atoms with E-state index in [2.05, 4.69) is 23.2 Å². The van der Waals surface area contributed by atoms with Crippen molar-refractivity contribution in [1.29, 1.82) is 5.26 Å². The SMILES string of the molecule is N#Cc1ccc(C(O)c2cc3ccccc3cc2-c2cccnc2)cc1. The van der Waals surface area contributed by atoms with Crippen molar-refractivity contribution in [3.63, 3.8) is 0 Å². The molecule has 0 aliphatic rings. The lowest BCUT2D eigenvalue weighted by molar-refractivity contribution is 0.221. The van der Waals surface area contributed by atoms with Crippen LogP contribution in [0.4, 0.5) is 0 Å². The maximum Gasteiger partial charge on any atom is 0.105 e. The molecule has 4 rings (SSSR count). The van der Waals surface area contributed by atoms with E-state index in [1.807, 2.05) is 36.4 Å². The second kappa shape index (κ2) is 6.79. The molecule has 0 aliphatic heterocycles. The molecule has 3 nitrogen and oxygen atoms in total. The third-order valence-corrected chi connectivity index (χ3v) is 4.54. The summed E-state index contributed by atoms with van der Waals surface area (Å²) in [7, 11) is 0. The largest absolute Gasteiger partial charge is 0.384 e. The minimum absolute atomic E-state index is 0.576. The predicted octanol–water partition coefficient (Wildman–Crippen LogP) is 4.86. The van der Waals surface area contributed by atoms with Crippen molar-refractivity contribution in [2.75, 3.05) is 0 Å². The molecular formula is C23H16N2O. The molecule has 0 fully saturated rings. The minimum Gasteiger partial charge on any atom is -0.384 e. The molecule has 0 aliphatic carbocycles. The summed E-state index contributed by atoms with van der Waals surface area (Å²) in [5.41, 5.74) is 4.06. The molecule has 3 heteroatoms. The molecule has 1 unspecified atom stereocenters. The number of rotatable bonds is 3. The van der Waals surface area contributed by atoms with E-state index in [0.717, 1.165) is 33.0 Å². The normalized spacial score (nSPS) is 11.8. The highest BCUT2D eigenvalue weighted by molar-refractivity contribution is 5.89. The minimum atomic E-state index is -0.789. The van der Waals surface area contributed by atoms with Crippen LogP contribution < -0.4 is 0 Å². The van der Waals surface area contributed by atoms with Crippen molar-refractivity contribution in [1.82, 2.24) is 4.98 Å². The Bertz CT molecular complexity index is 1100. The zero-order valence-electron chi connectivity index (χ0n) is 14.0. The van der Waals surface area contributed by atoms with Gasteiger partial charge in [-0.2, -0.15) is 5.26 Å². The molecule has 0 radical (unpaired) electrons. The maximum atomic E-state index is 11.1. The van der Waals surface area contributed by atoms with Gasteiger partial charge in [0.1, 0.15) is 6.10 Å². The zero-order valence-corrected chi connectivity index (χ0v) is 14.0. The third-order valence-electron chi connectivity index (χ3n) is 4.54. The lowest BCUT2D eigenvalue weighted by Gasteiger charge is -2.18. The number of nitriles is 1. The summed E-state index contributed by atoms with van der Waals surface area (Å²) in [5.74, 6) is 0. The van der Waals surface area contributed by atoms with Gasteiger partial charge in [-0.3, -0.25) is 4.98 Å². The van der Waals surface area contributed by atoms with Crippen molar-refractivity contribution in [3.05, 3.63) is 102 Å². The van der Waals surface area contributed by atoms with Gasteiger partial charge in [0.05, 0.1) is 11.6 Å². The van der Waals surface area contributed by atoms with Gasteiger partial charge in [0.2, 0.25) is 0 Å². The average Bonchev–Trinajstić information content (AvgIpc) is 2.73. The first kappa shape index (κ1) is 16.0. The van der Waals surface area contributed by atoms with E-state index >= 15 is 0 Å². The summed E-state index contributed by atoms with van der Waals surface area (Å²) in [6.45, 7) is 0. The molecule has 4 aromatic rings. The van der Waals surface area contributed by atoms with E-state index in [1.54, 1.807) is 36.7 Å². The van der Waals surface area contributed by atoms with Crippen molar-refractivity contribution < 1.29 is 5.11 Å². The Labute approximate surface area is 151 Å². The fraction of sp³-hybridized carbons (Fsp3) is 0.0435. The van der Waals surface area contributed by atoms with Gasteiger partial charge < -0.3 is 5.11 Å². The molecule has 0 saturated carbocycles. The number of aromatic nitrogens is 1. The number of hydrogen-bond donors (Lipinski definition) is 1. The second-order valence-electron chi connectivity index (χ2n) is 6.16. The van der Waals surface area contributed by atoms with E-state index in [-0.39, 0.29) is 0 Å². The first-order valence-electron chi connectivity index (χ1n) is 8.37. The highest BCUT2D eigenvalue weighted by Gasteiger charge is 2.17. The Morgan fingerprint density at radius 1 is 0.885 bits per heavy atom. The summed E-state index contributed by atoms with van der Waals surface area (Å²) < 4.78 is 0. The Hall–Kier alpha value is -3.48. The van der Waals surface area contributed by atoms with E-state index in [9.17, 15) is 5.11 Å². The number of hydrogen-bond acceptors (Lipinski definition) is 3. The number of benzene rings is 3. The van der Waals surface area contributed by atoms with Crippen LogP contribution >= 0.6 is 0 Å². The van der Waals surface area contributed by atoms with Gasteiger partial charge in [0, 0.05) is 18.0 Å².